The number of ether oxygens (including phenoxy) is 1. The first-order chi connectivity index (χ1) is 13.1. The highest BCUT2D eigenvalue weighted by atomic mass is 35.5. The van der Waals surface area contributed by atoms with Crippen molar-refractivity contribution in [1.29, 1.82) is 0 Å². The van der Waals surface area contributed by atoms with Crippen molar-refractivity contribution in [2.75, 3.05) is 0 Å². The third-order valence-corrected chi connectivity index (χ3v) is 4.24. The van der Waals surface area contributed by atoms with E-state index in [2.05, 4.69) is 15.2 Å². The third-order valence-electron chi connectivity index (χ3n) is 3.65. The molecule has 4 aromatic rings. The van der Waals surface area contributed by atoms with Crippen molar-refractivity contribution in [3.05, 3.63) is 70.6 Å². The molecule has 9 heteroatoms. The minimum absolute atomic E-state index is 0.0996. The number of rotatable bonds is 5. The molecule has 0 N–H and O–H groups in total. The number of halogens is 3. The van der Waals surface area contributed by atoms with Gasteiger partial charge in [0.15, 0.2) is 18.2 Å². The van der Waals surface area contributed by atoms with Gasteiger partial charge in [-0.05, 0) is 42.5 Å². The SMILES string of the molecule is Fc1ccc(-c2noc(-c3ccn(COc4c(Cl)cccc4Cl)n3)n2)cc1. The first-order valence-corrected chi connectivity index (χ1v) is 8.56. The Bertz CT molecular complexity index is 1060. The number of nitrogens with zero attached hydrogens (tertiary/aromatic N) is 4. The third kappa shape index (κ3) is 3.79. The van der Waals surface area contributed by atoms with Crippen LogP contribution in [-0.4, -0.2) is 19.9 Å². The Kier molecular flexibility index (Phi) is 4.79. The van der Waals surface area contributed by atoms with Crippen LogP contribution in [0.15, 0.2) is 59.3 Å². The second-order valence-electron chi connectivity index (χ2n) is 5.49. The molecule has 27 heavy (non-hydrogen) atoms. The fourth-order valence-electron chi connectivity index (χ4n) is 2.34. The maximum Gasteiger partial charge on any atom is 0.278 e. The summed E-state index contributed by atoms with van der Waals surface area (Å²) in [7, 11) is 0. The Morgan fingerprint density at radius 3 is 2.52 bits per heavy atom. The lowest BCUT2D eigenvalue weighted by molar-refractivity contribution is 0.221. The fourth-order valence-corrected chi connectivity index (χ4v) is 2.85. The van der Waals surface area contributed by atoms with Crippen LogP contribution in [0.2, 0.25) is 10.0 Å². The molecular formula is C18H11Cl2FN4O2. The summed E-state index contributed by atoms with van der Waals surface area (Å²) < 4.78 is 25.4. The molecule has 0 atom stereocenters. The van der Waals surface area contributed by atoms with Gasteiger partial charge in [0.2, 0.25) is 5.82 Å². The average Bonchev–Trinajstić information content (AvgIpc) is 3.31. The highest BCUT2D eigenvalue weighted by Crippen LogP contribution is 2.32. The topological polar surface area (TPSA) is 66.0 Å². The molecule has 0 saturated heterocycles. The highest BCUT2D eigenvalue weighted by molar-refractivity contribution is 6.37. The van der Waals surface area contributed by atoms with E-state index in [1.54, 1.807) is 42.6 Å². The summed E-state index contributed by atoms with van der Waals surface area (Å²) >= 11 is 12.1. The minimum Gasteiger partial charge on any atom is -0.468 e. The van der Waals surface area contributed by atoms with Gasteiger partial charge in [-0.2, -0.15) is 10.1 Å². The number of aromatic nitrogens is 4. The van der Waals surface area contributed by atoms with E-state index in [0.717, 1.165) is 0 Å². The Hall–Kier alpha value is -2.90. The maximum absolute atomic E-state index is 13.0. The zero-order valence-electron chi connectivity index (χ0n) is 13.6. The van der Waals surface area contributed by atoms with E-state index >= 15 is 0 Å². The fraction of sp³-hybridized carbons (Fsp3) is 0.0556. The van der Waals surface area contributed by atoms with E-state index in [4.69, 9.17) is 32.5 Å². The molecule has 0 radical (unpaired) electrons. The van der Waals surface area contributed by atoms with Gasteiger partial charge < -0.3 is 9.26 Å². The highest BCUT2D eigenvalue weighted by Gasteiger charge is 2.14. The summed E-state index contributed by atoms with van der Waals surface area (Å²) in [6, 6.07) is 12.6. The van der Waals surface area contributed by atoms with E-state index in [0.29, 0.717) is 32.9 Å². The quantitative estimate of drug-likeness (QED) is 0.463. The van der Waals surface area contributed by atoms with Gasteiger partial charge in [0.1, 0.15) is 5.82 Å². The Morgan fingerprint density at radius 2 is 1.78 bits per heavy atom. The zero-order valence-corrected chi connectivity index (χ0v) is 15.2. The van der Waals surface area contributed by atoms with Crippen LogP contribution in [0, 0.1) is 5.82 Å². The molecule has 6 nitrogen and oxygen atoms in total. The van der Waals surface area contributed by atoms with E-state index in [9.17, 15) is 4.39 Å². The number of hydrogen-bond acceptors (Lipinski definition) is 5. The van der Waals surface area contributed by atoms with Gasteiger partial charge in [-0.15, -0.1) is 0 Å². The van der Waals surface area contributed by atoms with Crippen LogP contribution in [-0.2, 0) is 6.73 Å². The summed E-state index contributed by atoms with van der Waals surface area (Å²) in [6.07, 6.45) is 1.70. The van der Waals surface area contributed by atoms with E-state index in [1.807, 2.05) is 0 Å². The van der Waals surface area contributed by atoms with Crippen molar-refractivity contribution in [3.8, 4) is 28.7 Å². The van der Waals surface area contributed by atoms with Crippen molar-refractivity contribution >= 4 is 23.2 Å². The van der Waals surface area contributed by atoms with E-state index in [1.165, 1.54) is 16.8 Å². The lowest BCUT2D eigenvalue weighted by Crippen LogP contribution is -2.06. The standard InChI is InChI=1S/C18H11Cl2FN4O2/c19-13-2-1-3-14(20)16(13)26-10-25-9-8-15(23-25)18-22-17(24-27-18)11-4-6-12(21)7-5-11/h1-9H,10H2. The van der Waals surface area contributed by atoms with Crippen molar-refractivity contribution in [3.63, 3.8) is 0 Å². The number of hydrogen-bond donors (Lipinski definition) is 0. The molecule has 4 rings (SSSR count). The number of benzene rings is 2. The summed E-state index contributed by atoms with van der Waals surface area (Å²) in [5.41, 5.74) is 1.12. The molecule has 0 aliphatic rings. The van der Waals surface area contributed by atoms with Crippen molar-refractivity contribution in [1.82, 2.24) is 19.9 Å². The smallest absolute Gasteiger partial charge is 0.278 e. The predicted molar refractivity (Wildman–Crippen MR) is 98.0 cm³/mol. The van der Waals surface area contributed by atoms with Crippen LogP contribution >= 0.6 is 23.2 Å². The van der Waals surface area contributed by atoms with Crippen LogP contribution in [0.3, 0.4) is 0 Å². The second kappa shape index (κ2) is 7.38. The van der Waals surface area contributed by atoms with Crippen molar-refractivity contribution in [2.45, 2.75) is 6.73 Å². The van der Waals surface area contributed by atoms with Gasteiger partial charge in [0.25, 0.3) is 5.89 Å². The number of para-hydroxylation sites is 1. The summed E-state index contributed by atoms with van der Waals surface area (Å²) in [5.74, 6) is 0.636. The Morgan fingerprint density at radius 1 is 1.04 bits per heavy atom. The maximum atomic E-state index is 13.0. The normalized spacial score (nSPS) is 10.9. The lowest BCUT2D eigenvalue weighted by atomic mass is 10.2. The largest absolute Gasteiger partial charge is 0.468 e. The van der Waals surface area contributed by atoms with Gasteiger partial charge in [-0.25, -0.2) is 9.07 Å². The van der Waals surface area contributed by atoms with Crippen molar-refractivity contribution < 1.29 is 13.7 Å². The van der Waals surface area contributed by atoms with Gasteiger partial charge in [-0.3, -0.25) is 0 Å². The summed E-state index contributed by atoms with van der Waals surface area (Å²) in [4.78, 5) is 4.28. The molecule has 0 unspecified atom stereocenters. The lowest BCUT2D eigenvalue weighted by Gasteiger charge is -2.09. The Labute approximate surface area is 163 Å². The van der Waals surface area contributed by atoms with Gasteiger partial charge in [0.05, 0.1) is 10.0 Å². The predicted octanol–water partition coefficient (Wildman–Crippen LogP) is 5.08. The molecule has 136 valence electrons. The molecular weight excluding hydrogens is 394 g/mol. The van der Waals surface area contributed by atoms with E-state index in [-0.39, 0.29) is 18.4 Å². The van der Waals surface area contributed by atoms with Crippen LogP contribution < -0.4 is 4.74 Å². The molecule has 0 bridgehead atoms. The molecule has 0 amide bonds. The molecule has 0 fully saturated rings. The van der Waals surface area contributed by atoms with Crippen LogP contribution in [0.25, 0.3) is 23.0 Å². The van der Waals surface area contributed by atoms with Gasteiger partial charge >= 0.3 is 0 Å². The summed E-state index contributed by atoms with van der Waals surface area (Å²) in [5, 5.41) is 9.05. The second-order valence-corrected chi connectivity index (χ2v) is 6.31. The summed E-state index contributed by atoms with van der Waals surface area (Å²) in [6.45, 7) is 0.0996. The molecule has 0 aliphatic carbocycles. The van der Waals surface area contributed by atoms with Gasteiger partial charge in [-0.1, -0.05) is 34.4 Å². The average molecular weight is 405 g/mol. The molecule has 2 heterocycles. The molecule has 0 saturated carbocycles. The molecule has 0 aliphatic heterocycles. The molecule has 2 aromatic heterocycles. The molecule has 0 spiro atoms. The van der Waals surface area contributed by atoms with Crippen LogP contribution in [0.5, 0.6) is 5.75 Å². The Balaban J connectivity index is 1.49. The van der Waals surface area contributed by atoms with Crippen molar-refractivity contribution in [2.24, 2.45) is 0 Å². The minimum atomic E-state index is -0.333. The zero-order chi connectivity index (χ0) is 18.8. The van der Waals surface area contributed by atoms with Gasteiger partial charge in [0, 0.05) is 11.8 Å². The first-order valence-electron chi connectivity index (χ1n) is 7.80. The van der Waals surface area contributed by atoms with Crippen LogP contribution in [0.1, 0.15) is 0 Å². The first kappa shape index (κ1) is 17.5. The van der Waals surface area contributed by atoms with Crippen LogP contribution in [0.4, 0.5) is 4.39 Å². The molecule has 2 aromatic carbocycles. The van der Waals surface area contributed by atoms with E-state index < -0.39 is 0 Å². The monoisotopic (exact) mass is 404 g/mol.